The minimum absolute atomic E-state index is 0.0383. The fourth-order valence-electron chi connectivity index (χ4n) is 5.37. The Bertz CT molecular complexity index is 1600. The van der Waals surface area contributed by atoms with Crippen molar-refractivity contribution < 1.29 is 12.8 Å². The first kappa shape index (κ1) is 23.4. The minimum Gasteiger partial charge on any atom is -0.378 e. The molecular weight excluding hydrogens is 475 g/mol. The summed E-state index contributed by atoms with van der Waals surface area (Å²) < 4.78 is 45.6. The third-order valence-electron chi connectivity index (χ3n) is 7.41. The summed E-state index contributed by atoms with van der Waals surface area (Å²) in [7, 11) is -1.87. The summed E-state index contributed by atoms with van der Waals surface area (Å²) >= 11 is 0. The lowest BCUT2D eigenvalue weighted by Gasteiger charge is -2.21. The van der Waals surface area contributed by atoms with Crippen LogP contribution in [-0.2, 0) is 23.5 Å². The molecule has 36 heavy (non-hydrogen) atoms. The quantitative estimate of drug-likeness (QED) is 0.336. The fraction of sp³-hybridized carbons (Fsp3) is 0.393. The normalized spacial score (nSPS) is 18.2. The second-order valence-electron chi connectivity index (χ2n) is 10.8. The zero-order valence-corrected chi connectivity index (χ0v) is 21.6. The van der Waals surface area contributed by atoms with E-state index in [9.17, 15) is 12.8 Å². The van der Waals surface area contributed by atoms with Gasteiger partial charge in [0.25, 0.3) is 0 Å². The van der Waals surface area contributed by atoms with E-state index in [0.29, 0.717) is 11.3 Å². The lowest BCUT2D eigenvalue weighted by molar-refractivity contribution is 0.221. The van der Waals surface area contributed by atoms with Crippen LogP contribution in [0.5, 0.6) is 0 Å². The summed E-state index contributed by atoms with van der Waals surface area (Å²) in [5.74, 6) is 0.389. The van der Waals surface area contributed by atoms with Crippen LogP contribution in [0.2, 0.25) is 0 Å². The van der Waals surface area contributed by atoms with Gasteiger partial charge in [0.1, 0.15) is 5.67 Å². The van der Waals surface area contributed by atoms with Crippen LogP contribution < -0.4 is 10.0 Å². The van der Waals surface area contributed by atoms with Crippen LogP contribution in [0.15, 0.2) is 53.7 Å². The molecular formula is C28H31FN4O2S. The van der Waals surface area contributed by atoms with Crippen molar-refractivity contribution in [2.75, 3.05) is 11.9 Å². The number of hydrogen-bond donors (Lipinski definition) is 2. The van der Waals surface area contributed by atoms with Crippen molar-refractivity contribution in [1.82, 2.24) is 14.3 Å². The van der Waals surface area contributed by atoms with Gasteiger partial charge in [0, 0.05) is 65.0 Å². The molecule has 0 saturated heterocycles. The van der Waals surface area contributed by atoms with Crippen molar-refractivity contribution in [1.29, 1.82) is 0 Å². The van der Waals surface area contributed by atoms with Crippen LogP contribution in [-0.4, -0.2) is 30.2 Å². The first-order valence-electron chi connectivity index (χ1n) is 12.6. The van der Waals surface area contributed by atoms with Crippen molar-refractivity contribution >= 4 is 37.4 Å². The number of hydrogen-bond acceptors (Lipinski definition) is 4. The van der Waals surface area contributed by atoms with Gasteiger partial charge in [-0.1, -0.05) is 6.07 Å². The minimum atomic E-state index is -3.91. The van der Waals surface area contributed by atoms with E-state index in [0.717, 1.165) is 64.5 Å². The van der Waals surface area contributed by atoms with Gasteiger partial charge in [0.2, 0.25) is 10.0 Å². The highest BCUT2D eigenvalue weighted by Crippen LogP contribution is 2.45. The second kappa shape index (κ2) is 8.28. The molecule has 2 N–H and O–H groups in total. The summed E-state index contributed by atoms with van der Waals surface area (Å²) in [5.41, 5.74) is 3.61. The smallest absolute Gasteiger partial charge is 0.241 e. The number of alkyl halides is 1. The van der Waals surface area contributed by atoms with Gasteiger partial charge in [-0.25, -0.2) is 17.5 Å². The number of aromatic nitrogens is 2. The number of benzene rings is 2. The van der Waals surface area contributed by atoms with E-state index in [1.165, 1.54) is 13.8 Å². The Kier molecular flexibility index (Phi) is 5.39. The van der Waals surface area contributed by atoms with Crippen molar-refractivity contribution in [2.24, 2.45) is 7.05 Å². The third-order valence-corrected chi connectivity index (χ3v) is 8.85. The molecule has 2 aliphatic rings. The highest BCUT2D eigenvalue weighted by molar-refractivity contribution is 7.89. The second-order valence-corrected chi connectivity index (χ2v) is 12.6. The Labute approximate surface area is 211 Å². The molecule has 2 aliphatic carbocycles. The van der Waals surface area contributed by atoms with Gasteiger partial charge in [-0.15, -0.1) is 0 Å². The summed E-state index contributed by atoms with van der Waals surface area (Å²) in [4.78, 5) is 4.96. The number of pyridine rings is 1. The van der Waals surface area contributed by atoms with Gasteiger partial charge in [-0.3, -0.25) is 4.98 Å². The fourth-order valence-corrected chi connectivity index (χ4v) is 6.81. The molecule has 1 fully saturated rings. The zero-order valence-electron chi connectivity index (χ0n) is 20.8. The number of halogens is 1. The van der Waals surface area contributed by atoms with Gasteiger partial charge in [0.05, 0.1) is 10.9 Å². The first-order valence-corrected chi connectivity index (χ1v) is 14.0. The predicted molar refractivity (Wildman–Crippen MR) is 142 cm³/mol. The molecule has 1 saturated carbocycles. The van der Waals surface area contributed by atoms with Crippen molar-refractivity contribution in [3.8, 4) is 0 Å². The maximum atomic E-state index is 14.2. The summed E-state index contributed by atoms with van der Waals surface area (Å²) in [5, 5.41) is 6.42. The van der Waals surface area contributed by atoms with Crippen LogP contribution in [0.25, 0.3) is 21.7 Å². The van der Waals surface area contributed by atoms with E-state index in [1.807, 2.05) is 19.3 Å². The van der Waals surface area contributed by atoms with Gasteiger partial charge < -0.3 is 9.88 Å². The van der Waals surface area contributed by atoms with Gasteiger partial charge in [0.15, 0.2) is 0 Å². The predicted octanol–water partition coefficient (Wildman–Crippen LogP) is 5.73. The van der Waals surface area contributed by atoms with Crippen molar-refractivity contribution in [3.05, 3.63) is 65.6 Å². The van der Waals surface area contributed by atoms with Crippen LogP contribution in [0.3, 0.4) is 0 Å². The topological polar surface area (TPSA) is 76.0 Å². The molecule has 2 aromatic heterocycles. The van der Waals surface area contributed by atoms with Gasteiger partial charge in [-0.2, -0.15) is 0 Å². The largest absolute Gasteiger partial charge is 0.378 e. The number of fused-ring (bicyclic) bond motifs is 4. The molecule has 0 spiro atoms. The Morgan fingerprint density at radius 3 is 2.67 bits per heavy atom. The summed E-state index contributed by atoms with van der Waals surface area (Å²) in [6.45, 7) is 2.46. The average Bonchev–Trinajstić information content (AvgIpc) is 3.51. The third kappa shape index (κ3) is 4.16. The van der Waals surface area contributed by atoms with Crippen molar-refractivity contribution in [3.63, 3.8) is 0 Å². The van der Waals surface area contributed by atoms with Crippen LogP contribution in [0, 0.1) is 0 Å². The van der Waals surface area contributed by atoms with E-state index < -0.39 is 15.7 Å². The molecule has 2 aromatic carbocycles. The number of sulfonamides is 1. The van der Waals surface area contributed by atoms with E-state index in [1.54, 1.807) is 6.07 Å². The molecule has 0 aliphatic heterocycles. The lowest BCUT2D eigenvalue weighted by atomic mass is 9.99. The number of anilines is 1. The molecule has 1 unspecified atom stereocenters. The van der Waals surface area contributed by atoms with E-state index in [-0.39, 0.29) is 17.5 Å². The molecule has 2 heterocycles. The molecule has 6 rings (SSSR count). The zero-order chi connectivity index (χ0) is 25.2. The van der Waals surface area contributed by atoms with Crippen LogP contribution in [0.4, 0.5) is 10.1 Å². The van der Waals surface area contributed by atoms with Crippen molar-refractivity contribution in [2.45, 2.75) is 62.1 Å². The van der Waals surface area contributed by atoms with E-state index in [2.05, 4.69) is 45.1 Å². The SMILES string of the molecule is Cn1ccc2c(NC3CCc4cc(S(=O)(=O)NCC(C)(C)F)c5cc(C6CC6)ncc5c43)cccc21. The maximum Gasteiger partial charge on any atom is 0.241 e. The molecule has 188 valence electrons. The molecule has 0 bridgehead atoms. The maximum absolute atomic E-state index is 14.2. The van der Waals surface area contributed by atoms with Crippen LogP contribution in [0.1, 0.15) is 61.9 Å². The summed E-state index contributed by atoms with van der Waals surface area (Å²) in [6.07, 6.45) is 7.67. The van der Waals surface area contributed by atoms with Crippen LogP contribution >= 0.6 is 0 Å². The molecule has 1 atom stereocenters. The van der Waals surface area contributed by atoms with Gasteiger partial charge in [-0.05, 0) is 81.0 Å². The monoisotopic (exact) mass is 506 g/mol. The number of nitrogens with zero attached hydrogens (tertiary/aromatic N) is 2. The molecule has 4 aromatic rings. The first-order chi connectivity index (χ1) is 17.1. The molecule has 0 amide bonds. The Balaban J connectivity index is 1.46. The van der Waals surface area contributed by atoms with Gasteiger partial charge >= 0.3 is 0 Å². The molecule has 8 heteroatoms. The number of nitrogens with one attached hydrogen (secondary N) is 2. The molecule has 6 nitrogen and oxygen atoms in total. The van der Waals surface area contributed by atoms with E-state index >= 15 is 0 Å². The average molecular weight is 507 g/mol. The Morgan fingerprint density at radius 1 is 1.11 bits per heavy atom. The number of aryl methyl sites for hydroxylation is 2. The Morgan fingerprint density at radius 2 is 1.92 bits per heavy atom. The van der Waals surface area contributed by atoms with E-state index in [4.69, 9.17) is 4.98 Å². The lowest BCUT2D eigenvalue weighted by Crippen LogP contribution is -2.35. The molecule has 0 radical (unpaired) electrons. The highest BCUT2D eigenvalue weighted by atomic mass is 32.2. The standard InChI is InChI=1S/C28H31FN4O2S/c1-28(2,29)16-31-36(34,35)26-13-18-9-10-23(32-22-5-4-6-25-19(22)11-12-33(25)3)27(18)21-15-30-24(14-20(21)26)17-7-8-17/h4-6,11-15,17,23,31-32H,7-10,16H2,1-3H3. The number of rotatable bonds is 7. The summed E-state index contributed by atoms with van der Waals surface area (Å²) in [6, 6.07) is 12.1. The highest BCUT2D eigenvalue weighted by Gasteiger charge is 2.32. The Hall–Kier alpha value is -2.97.